The third kappa shape index (κ3) is 6.78. The van der Waals surface area contributed by atoms with Gasteiger partial charge in [-0.25, -0.2) is 9.78 Å². The van der Waals surface area contributed by atoms with Crippen LogP contribution in [0.15, 0.2) is 36.5 Å². The first-order valence-electron chi connectivity index (χ1n) is 11.7. The van der Waals surface area contributed by atoms with Gasteiger partial charge in [0.2, 0.25) is 0 Å². The number of piperidine rings is 1. The zero-order valence-corrected chi connectivity index (χ0v) is 19.8. The summed E-state index contributed by atoms with van der Waals surface area (Å²) in [6, 6.07) is 9.26. The monoisotopic (exact) mass is 454 g/mol. The fourth-order valence-corrected chi connectivity index (χ4v) is 4.49. The zero-order chi connectivity index (χ0) is 23.8. The highest BCUT2D eigenvalue weighted by atomic mass is 16.5. The number of esters is 1. The molecule has 178 valence electrons. The molecule has 7 heteroatoms. The molecule has 1 aromatic heterocycles. The summed E-state index contributed by atoms with van der Waals surface area (Å²) in [5.74, 6) is 0.792. The van der Waals surface area contributed by atoms with Crippen LogP contribution in [0.4, 0.5) is 0 Å². The van der Waals surface area contributed by atoms with Crippen molar-refractivity contribution in [2.24, 2.45) is 11.8 Å². The van der Waals surface area contributed by atoms with Gasteiger partial charge in [0.05, 0.1) is 19.8 Å². The van der Waals surface area contributed by atoms with Crippen molar-refractivity contribution in [1.82, 2.24) is 9.88 Å². The smallest absolute Gasteiger partial charge is 0.355 e. The number of carboxylic acids is 1. The highest BCUT2D eigenvalue weighted by Crippen LogP contribution is 2.30. The van der Waals surface area contributed by atoms with Gasteiger partial charge in [-0.15, -0.1) is 0 Å². The molecule has 1 aliphatic heterocycles. The van der Waals surface area contributed by atoms with E-state index >= 15 is 0 Å². The standard InChI is InChI=1S/C26H34N2O5/c1-4-32-24(29)17-28-13-9-20(10-14-28)18(2)11-15-33-21-7-8-22(19(3)16-21)23-6-5-12-27-25(23)26(30)31/h5-8,12,16,18,20H,4,9-11,13-15,17H2,1-3H3,(H,30,31)/t18-/m1/s1. The molecule has 2 heterocycles. The quantitative estimate of drug-likeness (QED) is 0.531. The van der Waals surface area contributed by atoms with Crippen LogP contribution in [-0.4, -0.2) is 59.8 Å². The Kier molecular flexibility index (Phi) is 8.83. The number of pyridine rings is 1. The molecule has 1 aliphatic rings. The Morgan fingerprint density at radius 1 is 1.21 bits per heavy atom. The molecule has 2 aromatic rings. The summed E-state index contributed by atoms with van der Waals surface area (Å²) in [7, 11) is 0. The third-order valence-electron chi connectivity index (χ3n) is 6.44. The minimum atomic E-state index is -1.04. The third-order valence-corrected chi connectivity index (χ3v) is 6.44. The van der Waals surface area contributed by atoms with Gasteiger partial charge >= 0.3 is 11.9 Å². The Labute approximate surface area is 195 Å². The fourth-order valence-electron chi connectivity index (χ4n) is 4.49. The topological polar surface area (TPSA) is 89.0 Å². The lowest BCUT2D eigenvalue weighted by atomic mass is 9.84. The normalized spacial score (nSPS) is 15.7. The molecule has 1 saturated heterocycles. The first-order valence-corrected chi connectivity index (χ1v) is 11.7. The first-order chi connectivity index (χ1) is 15.9. The largest absolute Gasteiger partial charge is 0.494 e. The van der Waals surface area contributed by atoms with Crippen LogP contribution in [0, 0.1) is 18.8 Å². The van der Waals surface area contributed by atoms with E-state index in [9.17, 15) is 14.7 Å². The molecule has 0 radical (unpaired) electrons. The number of hydrogen-bond donors (Lipinski definition) is 1. The van der Waals surface area contributed by atoms with Gasteiger partial charge in [-0.3, -0.25) is 9.69 Å². The number of aromatic carboxylic acids is 1. The predicted molar refractivity (Wildman–Crippen MR) is 126 cm³/mol. The van der Waals surface area contributed by atoms with Gasteiger partial charge in [0.15, 0.2) is 5.69 Å². The van der Waals surface area contributed by atoms with Crippen molar-refractivity contribution in [3.63, 3.8) is 0 Å². The number of ether oxygens (including phenoxy) is 2. The molecule has 0 spiro atoms. The molecule has 0 aliphatic carbocycles. The van der Waals surface area contributed by atoms with E-state index in [2.05, 4.69) is 16.8 Å². The van der Waals surface area contributed by atoms with Crippen molar-refractivity contribution in [3.8, 4) is 16.9 Å². The van der Waals surface area contributed by atoms with Gasteiger partial charge in [0.1, 0.15) is 5.75 Å². The summed E-state index contributed by atoms with van der Waals surface area (Å²) >= 11 is 0. The highest BCUT2D eigenvalue weighted by molar-refractivity contribution is 5.94. The van der Waals surface area contributed by atoms with Crippen molar-refractivity contribution in [2.75, 3.05) is 32.8 Å². The van der Waals surface area contributed by atoms with Gasteiger partial charge in [0, 0.05) is 11.8 Å². The van der Waals surface area contributed by atoms with E-state index in [-0.39, 0.29) is 11.7 Å². The molecule has 1 fully saturated rings. The van der Waals surface area contributed by atoms with E-state index in [4.69, 9.17) is 9.47 Å². The van der Waals surface area contributed by atoms with E-state index in [0.29, 0.717) is 37.2 Å². The summed E-state index contributed by atoms with van der Waals surface area (Å²) in [5.41, 5.74) is 2.45. The maximum absolute atomic E-state index is 11.7. The lowest BCUT2D eigenvalue weighted by molar-refractivity contribution is -0.144. The number of benzene rings is 1. The molecule has 33 heavy (non-hydrogen) atoms. The molecule has 0 saturated carbocycles. The Morgan fingerprint density at radius 2 is 1.97 bits per heavy atom. The maximum Gasteiger partial charge on any atom is 0.355 e. The SMILES string of the molecule is CCOC(=O)CN1CCC([C@H](C)CCOc2ccc(-c3cccnc3C(=O)O)c(C)c2)CC1. The maximum atomic E-state index is 11.7. The second kappa shape index (κ2) is 11.8. The molecule has 1 atom stereocenters. The molecule has 0 amide bonds. The van der Waals surface area contributed by atoms with E-state index in [1.165, 1.54) is 6.20 Å². The van der Waals surface area contributed by atoms with Crippen LogP contribution in [0.2, 0.25) is 0 Å². The first kappa shape index (κ1) is 24.7. The van der Waals surface area contributed by atoms with E-state index in [1.54, 1.807) is 12.1 Å². The van der Waals surface area contributed by atoms with Gasteiger partial charge in [-0.1, -0.05) is 19.1 Å². The zero-order valence-electron chi connectivity index (χ0n) is 19.8. The number of aromatic nitrogens is 1. The number of likely N-dealkylation sites (tertiary alicyclic amines) is 1. The van der Waals surface area contributed by atoms with Crippen LogP contribution in [0.5, 0.6) is 5.75 Å². The number of nitrogens with zero attached hydrogens (tertiary/aromatic N) is 2. The Hall–Kier alpha value is -2.93. The van der Waals surface area contributed by atoms with Crippen LogP contribution in [0.3, 0.4) is 0 Å². The van der Waals surface area contributed by atoms with Crippen LogP contribution in [-0.2, 0) is 9.53 Å². The molecule has 0 unspecified atom stereocenters. The second-order valence-electron chi connectivity index (χ2n) is 8.71. The summed E-state index contributed by atoms with van der Waals surface area (Å²) < 4.78 is 11.1. The summed E-state index contributed by atoms with van der Waals surface area (Å²) in [6.07, 6.45) is 4.64. The van der Waals surface area contributed by atoms with Crippen molar-refractivity contribution >= 4 is 11.9 Å². The number of rotatable bonds is 10. The van der Waals surface area contributed by atoms with Crippen LogP contribution < -0.4 is 4.74 Å². The lowest BCUT2D eigenvalue weighted by Gasteiger charge is -2.34. The van der Waals surface area contributed by atoms with E-state index in [0.717, 1.165) is 49.2 Å². The minimum absolute atomic E-state index is 0.0522. The van der Waals surface area contributed by atoms with Gasteiger partial charge in [-0.05, 0) is 87.4 Å². The fraction of sp³-hybridized carbons (Fsp3) is 0.500. The molecular formula is C26H34N2O5. The average molecular weight is 455 g/mol. The number of aryl methyl sites for hydroxylation is 1. The number of carboxylic acid groups (broad SMARTS) is 1. The van der Waals surface area contributed by atoms with E-state index in [1.807, 2.05) is 32.0 Å². The number of hydrogen-bond acceptors (Lipinski definition) is 6. The number of carbonyl (C=O) groups is 2. The minimum Gasteiger partial charge on any atom is -0.494 e. The van der Waals surface area contributed by atoms with Gasteiger partial charge in [0.25, 0.3) is 0 Å². The van der Waals surface area contributed by atoms with Gasteiger partial charge < -0.3 is 14.6 Å². The summed E-state index contributed by atoms with van der Waals surface area (Å²) in [5, 5.41) is 9.41. The van der Waals surface area contributed by atoms with Crippen molar-refractivity contribution in [2.45, 2.75) is 40.0 Å². The molecule has 1 aromatic carbocycles. The van der Waals surface area contributed by atoms with Crippen LogP contribution in [0.25, 0.3) is 11.1 Å². The Balaban J connectivity index is 1.48. The lowest BCUT2D eigenvalue weighted by Crippen LogP contribution is -2.39. The van der Waals surface area contributed by atoms with E-state index < -0.39 is 5.97 Å². The van der Waals surface area contributed by atoms with Gasteiger partial charge in [-0.2, -0.15) is 0 Å². The summed E-state index contributed by atoms with van der Waals surface area (Å²) in [6.45, 7) is 9.38. The van der Waals surface area contributed by atoms with Crippen molar-refractivity contribution < 1.29 is 24.2 Å². The highest BCUT2D eigenvalue weighted by Gasteiger charge is 2.25. The molecule has 3 rings (SSSR count). The molecule has 1 N–H and O–H groups in total. The van der Waals surface area contributed by atoms with Crippen molar-refractivity contribution in [3.05, 3.63) is 47.8 Å². The second-order valence-corrected chi connectivity index (χ2v) is 8.71. The van der Waals surface area contributed by atoms with Crippen LogP contribution >= 0.6 is 0 Å². The molecule has 7 nitrogen and oxygen atoms in total. The predicted octanol–water partition coefficient (Wildman–Crippen LogP) is 4.44. The number of carbonyl (C=O) groups excluding carboxylic acids is 1. The Bertz CT molecular complexity index is 953. The van der Waals surface area contributed by atoms with Crippen LogP contribution in [0.1, 0.15) is 49.2 Å². The average Bonchev–Trinajstić information content (AvgIpc) is 2.80. The summed E-state index contributed by atoms with van der Waals surface area (Å²) in [4.78, 5) is 29.3. The Morgan fingerprint density at radius 3 is 2.64 bits per heavy atom. The van der Waals surface area contributed by atoms with Crippen molar-refractivity contribution in [1.29, 1.82) is 0 Å². The molecular weight excluding hydrogens is 420 g/mol. The molecule has 0 bridgehead atoms.